The zero-order valence-electron chi connectivity index (χ0n) is 11.0. The molecule has 2 unspecified atom stereocenters. The van der Waals surface area contributed by atoms with E-state index >= 15 is 0 Å². The highest BCUT2D eigenvalue weighted by molar-refractivity contribution is 5.96. The fraction of sp³-hybridized carbons (Fsp3) is 0.615. The number of rotatable bonds is 1. The zero-order valence-corrected chi connectivity index (χ0v) is 11.0. The number of carbonyl (C=O) groups excluding carboxylic acids is 1. The maximum absolute atomic E-state index is 11.8. The first-order valence-electron chi connectivity index (χ1n) is 6.98. The number of amides is 1. The van der Waals surface area contributed by atoms with Crippen LogP contribution in [0.5, 0.6) is 5.88 Å². The number of ether oxygens (including phenoxy) is 2. The lowest BCUT2D eigenvalue weighted by atomic mass is 10.2. The third kappa shape index (κ3) is 1.98. The van der Waals surface area contributed by atoms with Crippen LogP contribution in [0.3, 0.4) is 0 Å². The molecular weight excluding hydrogens is 260 g/mol. The minimum Gasteiger partial charge on any atom is -0.475 e. The molecule has 3 aliphatic heterocycles. The van der Waals surface area contributed by atoms with E-state index in [4.69, 9.17) is 9.47 Å². The van der Waals surface area contributed by atoms with Crippen molar-refractivity contribution in [1.29, 1.82) is 0 Å². The second-order valence-corrected chi connectivity index (χ2v) is 5.36. The number of anilines is 1. The highest BCUT2D eigenvalue weighted by Gasteiger charge is 2.35. The lowest BCUT2D eigenvalue weighted by Crippen LogP contribution is -2.43. The van der Waals surface area contributed by atoms with Crippen molar-refractivity contribution in [3.63, 3.8) is 0 Å². The average molecular weight is 276 g/mol. The Labute approximate surface area is 116 Å². The molecule has 2 saturated heterocycles. The standard InChI is InChI=1S/C13H16N4O3/c18-11-10-5-15-13(16-12(10)19-4-3-14-11)17-6-8-1-2-9(7-17)20-8/h5,8-9H,1-4,6-7H2,(H,14,18). The number of nitrogens with one attached hydrogen (secondary N) is 1. The van der Waals surface area contributed by atoms with E-state index < -0.39 is 0 Å². The molecule has 0 radical (unpaired) electrons. The summed E-state index contributed by atoms with van der Waals surface area (Å²) in [5, 5.41) is 2.75. The Balaban J connectivity index is 1.63. The van der Waals surface area contributed by atoms with Crippen LogP contribution in [0.4, 0.5) is 5.95 Å². The SMILES string of the molecule is O=C1NCCOc2nc(N3CC4CCC(C3)O4)ncc21. The number of aromatic nitrogens is 2. The quantitative estimate of drug-likeness (QED) is 0.776. The molecule has 106 valence electrons. The summed E-state index contributed by atoms with van der Waals surface area (Å²) in [6.45, 7) is 2.54. The smallest absolute Gasteiger partial charge is 0.258 e. The molecule has 1 aromatic rings. The van der Waals surface area contributed by atoms with E-state index in [-0.39, 0.29) is 18.1 Å². The summed E-state index contributed by atoms with van der Waals surface area (Å²) in [4.78, 5) is 22.7. The average Bonchev–Trinajstić information content (AvgIpc) is 2.70. The van der Waals surface area contributed by atoms with Gasteiger partial charge in [0.15, 0.2) is 0 Å². The number of hydrogen-bond acceptors (Lipinski definition) is 6. The molecule has 20 heavy (non-hydrogen) atoms. The highest BCUT2D eigenvalue weighted by atomic mass is 16.5. The van der Waals surface area contributed by atoms with Crippen molar-refractivity contribution in [2.75, 3.05) is 31.1 Å². The Morgan fingerprint density at radius 3 is 2.90 bits per heavy atom. The molecule has 0 aliphatic carbocycles. The fourth-order valence-electron chi connectivity index (χ4n) is 2.96. The highest BCUT2D eigenvalue weighted by Crippen LogP contribution is 2.29. The van der Waals surface area contributed by atoms with Crippen molar-refractivity contribution in [2.45, 2.75) is 25.0 Å². The summed E-state index contributed by atoms with van der Waals surface area (Å²) < 4.78 is 11.3. The number of morpholine rings is 1. The Hall–Kier alpha value is -1.89. The van der Waals surface area contributed by atoms with E-state index in [1.165, 1.54) is 0 Å². The summed E-state index contributed by atoms with van der Waals surface area (Å²) in [5.41, 5.74) is 0.405. The summed E-state index contributed by atoms with van der Waals surface area (Å²) in [5.74, 6) is 0.827. The molecule has 4 heterocycles. The Kier molecular flexibility index (Phi) is 2.73. The van der Waals surface area contributed by atoms with E-state index in [2.05, 4.69) is 20.2 Å². The second kappa shape index (κ2) is 4.59. The molecule has 0 aromatic carbocycles. The minimum atomic E-state index is -0.175. The molecule has 3 aliphatic rings. The van der Waals surface area contributed by atoms with Gasteiger partial charge in [-0.05, 0) is 12.8 Å². The van der Waals surface area contributed by atoms with Crippen LogP contribution in [-0.2, 0) is 4.74 Å². The van der Waals surface area contributed by atoms with Gasteiger partial charge in [-0.25, -0.2) is 4.98 Å². The molecule has 2 fully saturated rings. The van der Waals surface area contributed by atoms with Gasteiger partial charge in [0, 0.05) is 19.3 Å². The number of fused-ring (bicyclic) bond motifs is 3. The molecule has 0 spiro atoms. The van der Waals surface area contributed by atoms with Crippen molar-refractivity contribution >= 4 is 11.9 Å². The van der Waals surface area contributed by atoms with Gasteiger partial charge >= 0.3 is 0 Å². The normalized spacial score (nSPS) is 28.4. The predicted octanol–water partition coefficient (Wildman–Crippen LogP) is -0.0336. The molecule has 7 heteroatoms. The first kappa shape index (κ1) is 11.9. The van der Waals surface area contributed by atoms with Gasteiger partial charge in [0.25, 0.3) is 5.91 Å². The Morgan fingerprint density at radius 1 is 1.30 bits per heavy atom. The summed E-state index contributed by atoms with van der Waals surface area (Å²) >= 11 is 0. The van der Waals surface area contributed by atoms with Crippen LogP contribution in [0.25, 0.3) is 0 Å². The lowest BCUT2D eigenvalue weighted by Gasteiger charge is -2.32. The predicted molar refractivity (Wildman–Crippen MR) is 70.0 cm³/mol. The number of hydrogen-bond donors (Lipinski definition) is 1. The number of nitrogens with zero attached hydrogens (tertiary/aromatic N) is 3. The zero-order chi connectivity index (χ0) is 13.5. The van der Waals surface area contributed by atoms with E-state index in [0.29, 0.717) is 30.5 Å². The lowest BCUT2D eigenvalue weighted by molar-refractivity contribution is 0.0299. The first-order valence-corrected chi connectivity index (χ1v) is 6.98. The van der Waals surface area contributed by atoms with Crippen molar-refractivity contribution in [3.05, 3.63) is 11.8 Å². The van der Waals surface area contributed by atoms with E-state index in [1.807, 2.05) is 0 Å². The molecule has 1 amide bonds. The molecule has 1 N–H and O–H groups in total. The molecular formula is C13H16N4O3. The van der Waals surface area contributed by atoms with Crippen LogP contribution in [0.15, 0.2) is 6.20 Å². The van der Waals surface area contributed by atoms with Gasteiger partial charge in [-0.15, -0.1) is 0 Å². The number of carbonyl (C=O) groups is 1. The van der Waals surface area contributed by atoms with Crippen LogP contribution < -0.4 is 15.0 Å². The topological polar surface area (TPSA) is 76.6 Å². The Morgan fingerprint density at radius 2 is 2.10 bits per heavy atom. The van der Waals surface area contributed by atoms with E-state index in [1.54, 1.807) is 6.20 Å². The Bertz CT molecular complexity index is 538. The van der Waals surface area contributed by atoms with Gasteiger partial charge in [0.1, 0.15) is 12.2 Å². The van der Waals surface area contributed by atoms with Gasteiger partial charge in [0.2, 0.25) is 11.8 Å². The van der Waals surface area contributed by atoms with Crippen molar-refractivity contribution in [2.24, 2.45) is 0 Å². The fourth-order valence-corrected chi connectivity index (χ4v) is 2.96. The molecule has 2 atom stereocenters. The van der Waals surface area contributed by atoms with Gasteiger partial charge in [-0.1, -0.05) is 0 Å². The van der Waals surface area contributed by atoms with Gasteiger partial charge in [0.05, 0.1) is 18.8 Å². The summed E-state index contributed by atoms with van der Waals surface area (Å²) in [6, 6.07) is 0. The van der Waals surface area contributed by atoms with Crippen molar-refractivity contribution in [3.8, 4) is 5.88 Å². The molecule has 2 bridgehead atoms. The summed E-state index contributed by atoms with van der Waals surface area (Å²) in [7, 11) is 0. The van der Waals surface area contributed by atoms with Gasteiger partial charge in [-0.3, -0.25) is 4.79 Å². The molecule has 0 saturated carbocycles. The van der Waals surface area contributed by atoms with Crippen LogP contribution in [0.1, 0.15) is 23.2 Å². The third-order valence-electron chi connectivity index (χ3n) is 3.94. The van der Waals surface area contributed by atoms with Gasteiger partial charge in [-0.2, -0.15) is 4.98 Å². The van der Waals surface area contributed by atoms with Crippen LogP contribution in [-0.4, -0.2) is 54.3 Å². The monoisotopic (exact) mass is 276 g/mol. The van der Waals surface area contributed by atoms with Crippen molar-refractivity contribution < 1.29 is 14.3 Å². The molecule has 1 aromatic heterocycles. The largest absolute Gasteiger partial charge is 0.475 e. The van der Waals surface area contributed by atoms with Crippen molar-refractivity contribution in [1.82, 2.24) is 15.3 Å². The summed E-state index contributed by atoms with van der Waals surface area (Å²) in [6.07, 6.45) is 4.31. The second-order valence-electron chi connectivity index (χ2n) is 5.36. The molecule has 4 rings (SSSR count). The van der Waals surface area contributed by atoms with Crippen LogP contribution >= 0.6 is 0 Å². The van der Waals surface area contributed by atoms with E-state index in [0.717, 1.165) is 25.9 Å². The van der Waals surface area contributed by atoms with E-state index in [9.17, 15) is 4.79 Å². The molecule has 7 nitrogen and oxygen atoms in total. The van der Waals surface area contributed by atoms with Gasteiger partial charge < -0.3 is 19.7 Å². The van der Waals surface area contributed by atoms with Crippen LogP contribution in [0, 0.1) is 0 Å². The maximum atomic E-state index is 11.8. The maximum Gasteiger partial charge on any atom is 0.258 e. The third-order valence-corrected chi connectivity index (χ3v) is 3.94. The first-order chi connectivity index (χ1) is 9.79. The minimum absolute atomic E-state index is 0.175. The van der Waals surface area contributed by atoms with Crippen LogP contribution in [0.2, 0.25) is 0 Å².